The highest BCUT2D eigenvalue weighted by molar-refractivity contribution is 5.79. The summed E-state index contributed by atoms with van der Waals surface area (Å²) < 4.78 is 5.87. The predicted octanol–water partition coefficient (Wildman–Crippen LogP) is 2.85. The molecule has 2 heterocycles. The molecule has 2 aliphatic rings. The maximum absolute atomic E-state index is 10.7. The van der Waals surface area contributed by atoms with Crippen LogP contribution in [0.2, 0.25) is 0 Å². The highest BCUT2D eigenvalue weighted by Gasteiger charge is 2.33. The Balaban J connectivity index is 1.61. The number of carbonyl (C=O) groups excluding carboxylic acids is 1. The molecule has 2 atom stereocenters. The van der Waals surface area contributed by atoms with Crippen LogP contribution >= 0.6 is 0 Å². The van der Waals surface area contributed by atoms with Crippen LogP contribution in [0.15, 0.2) is 18.2 Å². The van der Waals surface area contributed by atoms with Crippen molar-refractivity contribution in [3.05, 3.63) is 23.8 Å². The summed E-state index contributed by atoms with van der Waals surface area (Å²) in [6.45, 7) is 3.16. The quantitative estimate of drug-likeness (QED) is 0.866. The fraction of sp³-hybridized carbons (Fsp3) is 0.588. The third-order valence-corrected chi connectivity index (χ3v) is 4.82. The minimum Gasteiger partial charge on any atom is -0.507 e. The summed E-state index contributed by atoms with van der Waals surface area (Å²) in [6.07, 6.45) is 7.06. The molecule has 0 aromatic heterocycles. The van der Waals surface area contributed by atoms with E-state index in [-0.39, 0.29) is 5.75 Å². The van der Waals surface area contributed by atoms with Gasteiger partial charge in [-0.2, -0.15) is 0 Å². The lowest BCUT2D eigenvalue weighted by Gasteiger charge is -2.44. The van der Waals surface area contributed by atoms with Crippen molar-refractivity contribution in [1.29, 1.82) is 0 Å². The Morgan fingerprint density at radius 2 is 2.10 bits per heavy atom. The van der Waals surface area contributed by atoms with Crippen LogP contribution in [0.3, 0.4) is 0 Å². The second-order valence-corrected chi connectivity index (χ2v) is 6.15. The molecule has 2 saturated heterocycles. The molecule has 1 aromatic rings. The number of rotatable bonds is 4. The average molecular weight is 289 g/mol. The zero-order valence-electron chi connectivity index (χ0n) is 12.3. The number of carbonyl (C=O) groups is 1. The van der Waals surface area contributed by atoms with E-state index < -0.39 is 0 Å². The molecule has 0 radical (unpaired) electrons. The van der Waals surface area contributed by atoms with Gasteiger partial charge in [-0.25, -0.2) is 0 Å². The van der Waals surface area contributed by atoms with Crippen LogP contribution in [0.25, 0.3) is 0 Å². The van der Waals surface area contributed by atoms with Gasteiger partial charge in [-0.15, -0.1) is 0 Å². The van der Waals surface area contributed by atoms with E-state index >= 15 is 0 Å². The minimum absolute atomic E-state index is 0.00885. The van der Waals surface area contributed by atoms with Gasteiger partial charge in [0.05, 0.1) is 12.2 Å². The lowest BCUT2D eigenvalue weighted by Crippen LogP contribution is -2.49. The zero-order valence-corrected chi connectivity index (χ0v) is 12.3. The summed E-state index contributed by atoms with van der Waals surface area (Å²) >= 11 is 0. The number of fused-ring (bicyclic) bond motifs is 1. The summed E-state index contributed by atoms with van der Waals surface area (Å²) in [5, 5.41) is 9.70. The first kappa shape index (κ1) is 14.4. The van der Waals surface area contributed by atoms with Crippen LogP contribution in [0, 0.1) is 5.92 Å². The van der Waals surface area contributed by atoms with Gasteiger partial charge in [-0.1, -0.05) is 6.42 Å². The standard InChI is InChI=1S/C17H23NO3/c19-11-13-6-7-15(10-17(13)20)21-12-14-4-3-9-18-8-2-1-5-16(14)18/h6-7,10-11,14,16,20H,1-5,8-9,12H2. The number of ether oxygens (including phenoxy) is 1. The molecule has 114 valence electrons. The monoisotopic (exact) mass is 289 g/mol. The van der Waals surface area contributed by atoms with E-state index in [0.717, 1.165) is 0 Å². The van der Waals surface area contributed by atoms with E-state index in [4.69, 9.17) is 4.74 Å². The summed E-state index contributed by atoms with van der Waals surface area (Å²) in [4.78, 5) is 13.3. The first-order valence-electron chi connectivity index (χ1n) is 7.93. The van der Waals surface area contributed by atoms with Crippen molar-refractivity contribution < 1.29 is 14.6 Å². The van der Waals surface area contributed by atoms with E-state index in [0.29, 0.717) is 36.2 Å². The number of aldehydes is 1. The van der Waals surface area contributed by atoms with Crippen molar-refractivity contribution >= 4 is 6.29 Å². The van der Waals surface area contributed by atoms with E-state index in [1.54, 1.807) is 12.1 Å². The van der Waals surface area contributed by atoms with Crippen LogP contribution in [0.5, 0.6) is 11.5 Å². The Bertz CT molecular complexity index is 501. The van der Waals surface area contributed by atoms with Crippen molar-refractivity contribution in [2.75, 3.05) is 19.7 Å². The van der Waals surface area contributed by atoms with Gasteiger partial charge in [-0.3, -0.25) is 9.69 Å². The lowest BCUT2D eigenvalue weighted by atomic mass is 9.84. The number of phenols is 1. The van der Waals surface area contributed by atoms with Gasteiger partial charge >= 0.3 is 0 Å². The Morgan fingerprint density at radius 1 is 1.24 bits per heavy atom. The molecule has 2 unspecified atom stereocenters. The fourth-order valence-corrected chi connectivity index (χ4v) is 3.69. The molecule has 2 aliphatic heterocycles. The molecule has 0 saturated carbocycles. The van der Waals surface area contributed by atoms with Gasteiger partial charge in [-0.05, 0) is 50.9 Å². The van der Waals surface area contributed by atoms with Crippen LogP contribution in [0.1, 0.15) is 42.5 Å². The third-order valence-electron chi connectivity index (χ3n) is 4.82. The SMILES string of the molecule is O=Cc1ccc(OCC2CCCN3CCCCC23)cc1O. The molecule has 3 rings (SSSR count). The molecule has 0 amide bonds. The van der Waals surface area contributed by atoms with E-state index in [1.165, 1.54) is 51.3 Å². The van der Waals surface area contributed by atoms with E-state index in [2.05, 4.69) is 4.90 Å². The second-order valence-electron chi connectivity index (χ2n) is 6.15. The van der Waals surface area contributed by atoms with E-state index in [9.17, 15) is 9.90 Å². The highest BCUT2D eigenvalue weighted by Crippen LogP contribution is 2.31. The number of nitrogens with zero attached hydrogens (tertiary/aromatic N) is 1. The van der Waals surface area contributed by atoms with Crippen molar-refractivity contribution in [3.63, 3.8) is 0 Å². The summed E-state index contributed by atoms with van der Waals surface area (Å²) in [6, 6.07) is 5.55. The Kier molecular flexibility index (Phi) is 4.44. The first-order chi connectivity index (χ1) is 10.3. The topological polar surface area (TPSA) is 49.8 Å². The molecule has 4 nitrogen and oxygen atoms in total. The normalized spacial score (nSPS) is 26.1. The number of piperidine rings is 2. The Hall–Kier alpha value is -1.55. The Morgan fingerprint density at radius 3 is 2.90 bits per heavy atom. The van der Waals surface area contributed by atoms with Gasteiger partial charge in [0.2, 0.25) is 0 Å². The number of benzene rings is 1. The first-order valence-corrected chi connectivity index (χ1v) is 7.93. The maximum Gasteiger partial charge on any atom is 0.153 e. The van der Waals surface area contributed by atoms with E-state index in [1.807, 2.05) is 0 Å². The molecule has 0 bridgehead atoms. The lowest BCUT2D eigenvalue weighted by molar-refractivity contribution is 0.0366. The molecular formula is C17H23NO3. The number of aromatic hydroxyl groups is 1. The summed E-state index contributed by atoms with van der Waals surface area (Å²) in [5.74, 6) is 1.21. The molecular weight excluding hydrogens is 266 g/mol. The van der Waals surface area contributed by atoms with Crippen molar-refractivity contribution in [3.8, 4) is 11.5 Å². The Labute approximate surface area is 125 Å². The van der Waals surface area contributed by atoms with Crippen molar-refractivity contribution in [2.45, 2.75) is 38.1 Å². The summed E-state index contributed by atoms with van der Waals surface area (Å²) in [7, 11) is 0. The van der Waals surface area contributed by atoms with Gasteiger partial charge < -0.3 is 9.84 Å². The molecule has 21 heavy (non-hydrogen) atoms. The smallest absolute Gasteiger partial charge is 0.153 e. The molecule has 1 aromatic carbocycles. The van der Waals surface area contributed by atoms with Crippen molar-refractivity contribution in [2.24, 2.45) is 5.92 Å². The van der Waals surface area contributed by atoms with Crippen LogP contribution in [-0.2, 0) is 0 Å². The molecule has 0 aliphatic carbocycles. The van der Waals surface area contributed by atoms with Crippen molar-refractivity contribution in [1.82, 2.24) is 4.90 Å². The average Bonchev–Trinajstić information content (AvgIpc) is 2.53. The summed E-state index contributed by atoms with van der Waals surface area (Å²) in [5.41, 5.74) is 0.304. The third kappa shape index (κ3) is 3.21. The molecule has 2 fully saturated rings. The fourth-order valence-electron chi connectivity index (χ4n) is 3.69. The minimum atomic E-state index is -0.00885. The predicted molar refractivity (Wildman–Crippen MR) is 80.9 cm³/mol. The van der Waals surface area contributed by atoms with Crippen LogP contribution < -0.4 is 4.74 Å². The van der Waals surface area contributed by atoms with Gasteiger partial charge in [0.1, 0.15) is 11.5 Å². The van der Waals surface area contributed by atoms with Gasteiger partial charge in [0, 0.05) is 18.0 Å². The number of phenolic OH excluding ortho intramolecular Hbond substituents is 1. The molecule has 0 spiro atoms. The zero-order chi connectivity index (χ0) is 14.7. The van der Waals surface area contributed by atoms with Gasteiger partial charge in [0.15, 0.2) is 6.29 Å². The molecule has 4 heteroatoms. The number of hydrogen-bond acceptors (Lipinski definition) is 4. The van der Waals surface area contributed by atoms with Crippen LogP contribution in [0.4, 0.5) is 0 Å². The molecule has 1 N–H and O–H groups in total. The largest absolute Gasteiger partial charge is 0.507 e. The second kappa shape index (κ2) is 6.48. The number of hydrogen-bond donors (Lipinski definition) is 1. The van der Waals surface area contributed by atoms with Gasteiger partial charge in [0.25, 0.3) is 0 Å². The van der Waals surface area contributed by atoms with Crippen LogP contribution in [-0.4, -0.2) is 42.0 Å². The maximum atomic E-state index is 10.7. The highest BCUT2D eigenvalue weighted by atomic mass is 16.5.